The van der Waals surface area contributed by atoms with Gasteiger partial charge in [0.2, 0.25) is 5.95 Å². The molecule has 1 atom stereocenters. The summed E-state index contributed by atoms with van der Waals surface area (Å²) in [5, 5.41) is 25.0. The van der Waals surface area contributed by atoms with Gasteiger partial charge in [-0.25, -0.2) is 9.37 Å². The first-order valence-electron chi connectivity index (χ1n) is 9.14. The fourth-order valence-corrected chi connectivity index (χ4v) is 2.72. The van der Waals surface area contributed by atoms with Crippen LogP contribution in [-0.2, 0) is 0 Å². The van der Waals surface area contributed by atoms with E-state index in [2.05, 4.69) is 25.6 Å². The monoisotopic (exact) mass is 392 g/mol. The van der Waals surface area contributed by atoms with Crippen molar-refractivity contribution in [2.24, 2.45) is 5.92 Å². The first kappa shape index (κ1) is 20.2. The highest BCUT2D eigenvalue weighted by molar-refractivity contribution is 5.70. The molecule has 0 aliphatic carbocycles. The van der Waals surface area contributed by atoms with Crippen LogP contribution in [-0.4, -0.2) is 32.7 Å². The number of aliphatic hydroxyl groups is 1. The summed E-state index contributed by atoms with van der Waals surface area (Å²) in [7, 11) is 0. The predicted octanol–water partition coefficient (Wildman–Crippen LogP) is 3.72. The predicted molar refractivity (Wildman–Crippen MR) is 109 cm³/mol. The van der Waals surface area contributed by atoms with Crippen LogP contribution in [0, 0.1) is 23.1 Å². The van der Waals surface area contributed by atoms with E-state index in [9.17, 15) is 14.8 Å². The molecule has 3 N–H and O–H groups in total. The second kappa shape index (κ2) is 9.08. The fraction of sp³-hybridized carbons (Fsp3) is 0.238. The molecular weight excluding hydrogens is 371 g/mol. The van der Waals surface area contributed by atoms with Crippen molar-refractivity contribution in [1.29, 1.82) is 5.26 Å². The molecule has 2 aromatic heterocycles. The van der Waals surface area contributed by atoms with Crippen molar-refractivity contribution < 1.29 is 9.50 Å². The van der Waals surface area contributed by atoms with Gasteiger partial charge in [-0.05, 0) is 30.2 Å². The Kier molecular flexibility index (Phi) is 6.32. The minimum absolute atomic E-state index is 0.0776. The number of rotatable bonds is 7. The Hall–Kier alpha value is -3.57. The molecule has 8 heteroatoms. The van der Waals surface area contributed by atoms with E-state index in [0.717, 1.165) is 5.56 Å². The van der Waals surface area contributed by atoms with Gasteiger partial charge < -0.3 is 15.7 Å². The van der Waals surface area contributed by atoms with Crippen LogP contribution < -0.4 is 10.6 Å². The summed E-state index contributed by atoms with van der Waals surface area (Å²) in [4.78, 5) is 13.0. The second-order valence-electron chi connectivity index (χ2n) is 6.77. The van der Waals surface area contributed by atoms with E-state index < -0.39 is 5.82 Å². The van der Waals surface area contributed by atoms with Crippen molar-refractivity contribution in [3.63, 3.8) is 0 Å². The molecule has 0 amide bonds. The Balaban J connectivity index is 2.03. The van der Waals surface area contributed by atoms with Crippen LogP contribution in [0.1, 0.15) is 19.4 Å². The molecule has 0 saturated carbocycles. The van der Waals surface area contributed by atoms with E-state index in [1.807, 2.05) is 32.0 Å². The Bertz CT molecular complexity index is 1020. The Labute approximate surface area is 168 Å². The molecule has 148 valence electrons. The quantitative estimate of drug-likeness (QED) is 0.562. The lowest BCUT2D eigenvalue weighted by Crippen LogP contribution is -2.30. The molecule has 0 saturated heterocycles. The number of benzene rings is 1. The van der Waals surface area contributed by atoms with Gasteiger partial charge in [0.05, 0.1) is 24.0 Å². The highest BCUT2D eigenvalue weighted by Crippen LogP contribution is 2.26. The van der Waals surface area contributed by atoms with E-state index in [1.165, 1.54) is 12.1 Å². The van der Waals surface area contributed by atoms with Gasteiger partial charge in [0.15, 0.2) is 0 Å². The normalized spacial score (nSPS) is 11.7. The molecule has 7 nitrogen and oxygen atoms in total. The van der Waals surface area contributed by atoms with E-state index >= 15 is 0 Å². The Morgan fingerprint density at radius 3 is 2.59 bits per heavy atom. The van der Waals surface area contributed by atoms with Crippen LogP contribution in [0.3, 0.4) is 0 Å². The summed E-state index contributed by atoms with van der Waals surface area (Å²) >= 11 is 0. The van der Waals surface area contributed by atoms with Crippen molar-refractivity contribution in [2.75, 3.05) is 17.2 Å². The van der Waals surface area contributed by atoms with Crippen LogP contribution in [0.15, 0.2) is 48.8 Å². The minimum Gasteiger partial charge on any atom is -0.394 e. The van der Waals surface area contributed by atoms with Gasteiger partial charge in [0, 0.05) is 24.0 Å². The standard InChI is InChI=1S/C21H21FN6O/c1-13(2)19(12-29)27-21-26-18(14-6-8-24-9-7-14)10-20(28-21)25-17-5-3-4-16(22)15(17)11-23/h3-10,13,19,29H,12H2,1-2H3,(H2,25,26,27,28)/t19-/m0/s1. The number of nitrogens with zero attached hydrogens (tertiary/aromatic N) is 4. The lowest BCUT2D eigenvalue weighted by molar-refractivity contribution is 0.248. The van der Waals surface area contributed by atoms with E-state index in [-0.39, 0.29) is 24.1 Å². The first-order valence-corrected chi connectivity index (χ1v) is 9.14. The van der Waals surface area contributed by atoms with Crippen LogP contribution in [0.25, 0.3) is 11.3 Å². The maximum absolute atomic E-state index is 13.9. The molecular formula is C21H21FN6O. The van der Waals surface area contributed by atoms with Crippen molar-refractivity contribution in [1.82, 2.24) is 15.0 Å². The van der Waals surface area contributed by atoms with Crippen molar-refractivity contribution in [3.05, 3.63) is 60.2 Å². The zero-order chi connectivity index (χ0) is 20.8. The van der Waals surface area contributed by atoms with Gasteiger partial charge in [-0.3, -0.25) is 4.98 Å². The average molecular weight is 392 g/mol. The number of hydrogen-bond acceptors (Lipinski definition) is 7. The summed E-state index contributed by atoms with van der Waals surface area (Å²) in [6.45, 7) is 3.88. The summed E-state index contributed by atoms with van der Waals surface area (Å²) in [5.41, 5.74) is 1.64. The van der Waals surface area contributed by atoms with Gasteiger partial charge in [-0.15, -0.1) is 0 Å². The summed E-state index contributed by atoms with van der Waals surface area (Å²) in [5.74, 6) is 0.235. The molecule has 0 bridgehead atoms. The van der Waals surface area contributed by atoms with Crippen LogP contribution in [0.2, 0.25) is 0 Å². The van der Waals surface area contributed by atoms with Crippen LogP contribution >= 0.6 is 0 Å². The topological polar surface area (TPSA) is 107 Å². The summed E-state index contributed by atoms with van der Waals surface area (Å²) < 4.78 is 13.9. The van der Waals surface area contributed by atoms with Gasteiger partial charge in [0.1, 0.15) is 23.3 Å². The third-order valence-electron chi connectivity index (χ3n) is 4.41. The zero-order valence-electron chi connectivity index (χ0n) is 16.1. The van der Waals surface area contributed by atoms with Crippen LogP contribution in [0.4, 0.5) is 21.8 Å². The van der Waals surface area contributed by atoms with Gasteiger partial charge >= 0.3 is 0 Å². The largest absolute Gasteiger partial charge is 0.394 e. The lowest BCUT2D eigenvalue weighted by Gasteiger charge is -2.21. The molecule has 0 aliphatic heterocycles. The maximum Gasteiger partial charge on any atom is 0.225 e. The van der Waals surface area contributed by atoms with Gasteiger partial charge in [-0.1, -0.05) is 19.9 Å². The molecule has 0 fully saturated rings. The molecule has 29 heavy (non-hydrogen) atoms. The molecule has 2 heterocycles. The minimum atomic E-state index is -0.612. The van der Waals surface area contributed by atoms with E-state index in [0.29, 0.717) is 23.1 Å². The zero-order valence-corrected chi connectivity index (χ0v) is 16.1. The first-order chi connectivity index (χ1) is 14.0. The molecule has 0 radical (unpaired) electrons. The van der Waals surface area contributed by atoms with Gasteiger partial charge in [-0.2, -0.15) is 10.2 Å². The molecule has 1 aromatic carbocycles. The molecule has 3 aromatic rings. The van der Waals surface area contributed by atoms with Crippen molar-refractivity contribution in [3.8, 4) is 17.3 Å². The summed E-state index contributed by atoms with van der Waals surface area (Å²) in [6.07, 6.45) is 3.31. The SMILES string of the molecule is CC(C)[C@H](CO)Nc1nc(Nc2cccc(F)c2C#N)cc(-c2ccncc2)n1. The average Bonchev–Trinajstić information content (AvgIpc) is 2.72. The Morgan fingerprint density at radius 2 is 1.93 bits per heavy atom. The Morgan fingerprint density at radius 1 is 1.17 bits per heavy atom. The van der Waals surface area contributed by atoms with Gasteiger partial charge in [0.25, 0.3) is 0 Å². The fourth-order valence-electron chi connectivity index (χ4n) is 2.72. The molecule has 0 aliphatic rings. The number of hydrogen-bond donors (Lipinski definition) is 3. The lowest BCUT2D eigenvalue weighted by atomic mass is 10.1. The number of pyridine rings is 1. The smallest absolute Gasteiger partial charge is 0.225 e. The summed E-state index contributed by atoms with van der Waals surface area (Å²) in [6, 6.07) is 11.3. The number of aromatic nitrogens is 3. The van der Waals surface area contributed by atoms with E-state index in [1.54, 1.807) is 24.5 Å². The number of halogens is 1. The maximum atomic E-state index is 13.9. The molecule has 0 spiro atoms. The number of nitrogens with one attached hydrogen (secondary N) is 2. The number of anilines is 3. The van der Waals surface area contributed by atoms with Crippen molar-refractivity contribution in [2.45, 2.75) is 19.9 Å². The number of aliphatic hydroxyl groups excluding tert-OH is 1. The van der Waals surface area contributed by atoms with Crippen molar-refractivity contribution >= 4 is 17.5 Å². The van der Waals surface area contributed by atoms with Crippen LogP contribution in [0.5, 0.6) is 0 Å². The molecule has 0 unspecified atom stereocenters. The second-order valence-corrected chi connectivity index (χ2v) is 6.77. The highest BCUT2D eigenvalue weighted by atomic mass is 19.1. The van der Waals surface area contributed by atoms with E-state index in [4.69, 9.17) is 0 Å². The molecule has 3 rings (SSSR count). The third kappa shape index (κ3) is 4.83. The highest BCUT2D eigenvalue weighted by Gasteiger charge is 2.16. The third-order valence-corrected chi connectivity index (χ3v) is 4.41. The number of nitriles is 1.